The molecule has 5 aromatic rings. The summed E-state index contributed by atoms with van der Waals surface area (Å²) in [6.45, 7) is 0.0539. The van der Waals surface area contributed by atoms with Crippen molar-refractivity contribution in [1.29, 1.82) is 0 Å². The Morgan fingerprint density at radius 2 is 1.80 bits per heavy atom. The SMILES string of the molecule is Cn1nc(-c2ccccc2)nc1COC(=O)Cc1cc2c(ccc3ccccc32)o1. The Hall–Kier alpha value is -3.93. The largest absolute Gasteiger partial charge is 0.460 e. The summed E-state index contributed by atoms with van der Waals surface area (Å²) in [7, 11) is 1.78. The summed E-state index contributed by atoms with van der Waals surface area (Å²) in [5.41, 5.74) is 1.68. The Balaban J connectivity index is 1.29. The van der Waals surface area contributed by atoms with E-state index in [0.717, 1.165) is 27.3 Å². The molecular formula is C24H19N3O3. The number of esters is 1. The van der Waals surface area contributed by atoms with Crippen LogP contribution in [0.2, 0.25) is 0 Å². The smallest absolute Gasteiger partial charge is 0.313 e. The molecule has 2 aromatic heterocycles. The second-order valence-electron chi connectivity index (χ2n) is 7.09. The lowest BCUT2D eigenvalue weighted by molar-refractivity contribution is -0.144. The van der Waals surface area contributed by atoms with Gasteiger partial charge in [-0.2, -0.15) is 5.10 Å². The van der Waals surface area contributed by atoms with Crippen molar-refractivity contribution in [3.8, 4) is 11.4 Å². The van der Waals surface area contributed by atoms with Crippen molar-refractivity contribution in [2.45, 2.75) is 13.0 Å². The van der Waals surface area contributed by atoms with E-state index in [-0.39, 0.29) is 19.0 Å². The molecule has 148 valence electrons. The van der Waals surface area contributed by atoms with E-state index in [9.17, 15) is 4.79 Å². The molecule has 2 heterocycles. The summed E-state index contributed by atoms with van der Waals surface area (Å²) >= 11 is 0. The Labute approximate surface area is 172 Å². The molecule has 0 unspecified atom stereocenters. The topological polar surface area (TPSA) is 70.2 Å². The van der Waals surface area contributed by atoms with E-state index in [1.165, 1.54) is 0 Å². The molecule has 6 nitrogen and oxygen atoms in total. The number of carbonyl (C=O) groups excluding carboxylic acids is 1. The highest BCUT2D eigenvalue weighted by molar-refractivity contribution is 6.06. The number of hydrogen-bond acceptors (Lipinski definition) is 5. The third-order valence-electron chi connectivity index (χ3n) is 5.04. The van der Waals surface area contributed by atoms with E-state index >= 15 is 0 Å². The number of hydrogen-bond donors (Lipinski definition) is 0. The molecule has 6 heteroatoms. The van der Waals surface area contributed by atoms with Gasteiger partial charge in [0.15, 0.2) is 18.3 Å². The van der Waals surface area contributed by atoms with Crippen molar-refractivity contribution in [1.82, 2.24) is 14.8 Å². The molecule has 0 atom stereocenters. The molecule has 3 aromatic carbocycles. The second-order valence-corrected chi connectivity index (χ2v) is 7.09. The third-order valence-corrected chi connectivity index (χ3v) is 5.04. The average molecular weight is 397 g/mol. The number of fused-ring (bicyclic) bond motifs is 3. The Morgan fingerprint density at radius 1 is 1.00 bits per heavy atom. The standard InChI is InChI=1S/C24H19N3O3/c1-27-22(25-24(26-27)17-8-3-2-4-9-17)15-29-23(28)14-18-13-20-19-10-6-5-7-16(19)11-12-21(20)30-18/h2-13H,14-15H2,1H3. The Bertz CT molecular complexity index is 1350. The molecule has 0 aliphatic heterocycles. The maximum Gasteiger partial charge on any atom is 0.313 e. The van der Waals surface area contributed by atoms with Crippen LogP contribution in [0, 0.1) is 0 Å². The molecule has 0 fully saturated rings. The summed E-state index contributed by atoms with van der Waals surface area (Å²) in [6.07, 6.45) is 0.0619. The lowest BCUT2D eigenvalue weighted by Crippen LogP contribution is -2.10. The van der Waals surface area contributed by atoms with Crippen molar-refractivity contribution in [3.63, 3.8) is 0 Å². The Morgan fingerprint density at radius 3 is 2.67 bits per heavy atom. The molecule has 0 N–H and O–H groups in total. The van der Waals surface area contributed by atoms with Crippen LogP contribution in [0.3, 0.4) is 0 Å². The van der Waals surface area contributed by atoms with Crippen molar-refractivity contribution < 1.29 is 13.9 Å². The van der Waals surface area contributed by atoms with E-state index in [2.05, 4.69) is 16.1 Å². The van der Waals surface area contributed by atoms with Gasteiger partial charge < -0.3 is 9.15 Å². The van der Waals surface area contributed by atoms with Crippen LogP contribution in [0.5, 0.6) is 0 Å². The first-order chi connectivity index (χ1) is 14.7. The van der Waals surface area contributed by atoms with E-state index in [0.29, 0.717) is 17.4 Å². The molecule has 0 amide bonds. The van der Waals surface area contributed by atoms with Gasteiger partial charge in [-0.05, 0) is 22.9 Å². The minimum Gasteiger partial charge on any atom is -0.460 e. The minimum atomic E-state index is -0.373. The fourth-order valence-corrected chi connectivity index (χ4v) is 3.52. The first kappa shape index (κ1) is 18.1. The monoisotopic (exact) mass is 397 g/mol. The molecular weight excluding hydrogens is 378 g/mol. The number of rotatable bonds is 5. The number of aromatic nitrogens is 3. The molecule has 0 saturated heterocycles. The molecule has 5 rings (SSSR count). The van der Waals surface area contributed by atoms with Crippen LogP contribution >= 0.6 is 0 Å². The first-order valence-electron chi connectivity index (χ1n) is 9.68. The molecule has 0 aliphatic carbocycles. The van der Waals surface area contributed by atoms with Gasteiger partial charge in [0, 0.05) is 18.0 Å². The lowest BCUT2D eigenvalue weighted by Gasteiger charge is -2.02. The summed E-state index contributed by atoms with van der Waals surface area (Å²) in [5, 5.41) is 7.63. The fraction of sp³-hybridized carbons (Fsp3) is 0.125. The van der Waals surface area contributed by atoms with E-state index in [4.69, 9.17) is 9.15 Å². The summed E-state index contributed by atoms with van der Waals surface area (Å²) in [5.74, 6) is 1.39. The van der Waals surface area contributed by atoms with Crippen LogP contribution in [-0.4, -0.2) is 20.7 Å². The van der Waals surface area contributed by atoms with E-state index < -0.39 is 0 Å². The number of aryl methyl sites for hydroxylation is 1. The van der Waals surface area contributed by atoms with Crippen molar-refractivity contribution in [3.05, 3.63) is 84.4 Å². The normalized spacial score (nSPS) is 11.2. The molecule has 0 saturated carbocycles. The number of carbonyl (C=O) groups is 1. The van der Waals surface area contributed by atoms with Gasteiger partial charge in [0.05, 0.1) is 0 Å². The van der Waals surface area contributed by atoms with Gasteiger partial charge in [-0.25, -0.2) is 9.67 Å². The number of ether oxygens (including phenoxy) is 1. The van der Waals surface area contributed by atoms with E-state index in [1.54, 1.807) is 11.7 Å². The van der Waals surface area contributed by atoms with Gasteiger partial charge in [0.2, 0.25) is 0 Å². The summed E-state index contributed by atoms with van der Waals surface area (Å²) in [4.78, 5) is 16.9. The lowest BCUT2D eigenvalue weighted by atomic mass is 10.1. The van der Waals surface area contributed by atoms with Crippen molar-refractivity contribution in [2.24, 2.45) is 7.05 Å². The number of furan rings is 1. The zero-order valence-corrected chi connectivity index (χ0v) is 16.4. The van der Waals surface area contributed by atoms with Gasteiger partial charge in [0.1, 0.15) is 17.8 Å². The minimum absolute atomic E-state index is 0.0539. The van der Waals surface area contributed by atoms with Crippen molar-refractivity contribution >= 4 is 27.7 Å². The van der Waals surface area contributed by atoms with Crippen LogP contribution in [0.4, 0.5) is 0 Å². The quantitative estimate of drug-likeness (QED) is 0.403. The fourth-order valence-electron chi connectivity index (χ4n) is 3.52. The van der Waals surface area contributed by atoms with Crippen LogP contribution in [0.15, 0.2) is 77.2 Å². The predicted molar refractivity (Wildman–Crippen MR) is 114 cm³/mol. The number of nitrogens with zero attached hydrogens (tertiary/aromatic N) is 3. The maximum absolute atomic E-state index is 12.4. The van der Waals surface area contributed by atoms with E-state index in [1.807, 2.05) is 66.7 Å². The Kier molecular flexibility index (Phi) is 4.52. The second kappa shape index (κ2) is 7.48. The van der Waals surface area contributed by atoms with Gasteiger partial charge in [0.25, 0.3) is 0 Å². The molecule has 0 radical (unpaired) electrons. The molecule has 0 bridgehead atoms. The first-order valence-corrected chi connectivity index (χ1v) is 9.68. The van der Waals surface area contributed by atoms with Gasteiger partial charge >= 0.3 is 5.97 Å². The molecule has 30 heavy (non-hydrogen) atoms. The highest BCUT2D eigenvalue weighted by Crippen LogP contribution is 2.28. The molecule has 0 spiro atoms. The predicted octanol–water partition coefficient (Wildman–Crippen LogP) is 4.67. The van der Waals surface area contributed by atoms with Gasteiger partial charge in [-0.15, -0.1) is 0 Å². The van der Waals surface area contributed by atoms with Crippen LogP contribution in [-0.2, 0) is 29.6 Å². The highest BCUT2D eigenvalue weighted by atomic mass is 16.5. The van der Waals surface area contributed by atoms with Gasteiger partial charge in [-0.3, -0.25) is 4.79 Å². The van der Waals surface area contributed by atoms with Crippen molar-refractivity contribution in [2.75, 3.05) is 0 Å². The number of benzene rings is 3. The van der Waals surface area contributed by atoms with Crippen LogP contribution < -0.4 is 0 Å². The summed E-state index contributed by atoms with van der Waals surface area (Å²) in [6, 6.07) is 23.6. The molecule has 0 aliphatic rings. The van der Waals surface area contributed by atoms with Gasteiger partial charge in [-0.1, -0.05) is 60.7 Å². The maximum atomic E-state index is 12.4. The summed E-state index contributed by atoms with van der Waals surface area (Å²) < 4.78 is 12.9. The zero-order valence-electron chi connectivity index (χ0n) is 16.4. The van der Waals surface area contributed by atoms with Crippen LogP contribution in [0.25, 0.3) is 33.1 Å². The highest BCUT2D eigenvalue weighted by Gasteiger charge is 2.14. The van der Waals surface area contributed by atoms with Crippen LogP contribution in [0.1, 0.15) is 11.6 Å². The third kappa shape index (κ3) is 3.43. The average Bonchev–Trinajstić information content (AvgIpc) is 3.36. The zero-order chi connectivity index (χ0) is 20.5.